The molecule has 0 aliphatic heterocycles. The minimum atomic E-state index is 0. The summed E-state index contributed by atoms with van der Waals surface area (Å²) in [7, 11) is 0. The van der Waals surface area contributed by atoms with E-state index < -0.39 is 0 Å². The predicted molar refractivity (Wildman–Crippen MR) is 188 cm³/mol. The number of aryl methyl sites for hydroxylation is 1. The third-order valence-electron chi connectivity index (χ3n) is 8.36. The fourth-order valence-corrected chi connectivity index (χ4v) is 5.91. The van der Waals surface area contributed by atoms with E-state index in [1.807, 2.05) is 79.1 Å². The first-order chi connectivity index (χ1) is 22.7. The van der Waals surface area contributed by atoms with Crippen LogP contribution in [0.2, 0.25) is 0 Å². The number of aromatic nitrogens is 2. The van der Waals surface area contributed by atoms with Gasteiger partial charge in [-0.3, -0.25) is 0 Å². The van der Waals surface area contributed by atoms with Crippen molar-refractivity contribution in [1.29, 1.82) is 0 Å². The van der Waals surface area contributed by atoms with Gasteiger partial charge >= 0.3 is 0 Å². The van der Waals surface area contributed by atoms with Crippen molar-refractivity contribution in [2.24, 2.45) is 0 Å². The fraction of sp³-hybridized carbons (Fsp3) is 0.0698. The standard InChI is InChI=1S/C24H16NO.C19H16N.Ir/c1-16-13-22(25-15-21(16)17-7-3-2-4-8-17)18-11-12-24-20(14-18)19-9-5-6-10-23(19)26-24;1-15(16-9-3-2-4-10-16)17-11-5-6-12-18(17)19-13-7-8-14-20-19;/h2-10,12-15H,1H3;2-11,13-15H,1H3;/q2*-1;. The molecule has 1 radical (unpaired) electrons. The molecule has 1 unspecified atom stereocenters. The normalized spacial score (nSPS) is 11.4. The Morgan fingerprint density at radius 2 is 1.40 bits per heavy atom. The molecule has 8 aromatic rings. The number of hydrogen-bond donors (Lipinski definition) is 0. The third kappa shape index (κ3) is 6.85. The van der Waals surface area contributed by atoms with Crippen LogP contribution in [0.3, 0.4) is 0 Å². The quantitative estimate of drug-likeness (QED) is 0.163. The average molecular weight is 785 g/mol. The SMILES string of the molecule is CC(c1ccccc1)c1ccc[c-]c1-c1ccccn1.Cc1cc(-c2[c-]cc3oc4ccccc4c3c2)ncc1-c1ccccc1.[Ir]. The topological polar surface area (TPSA) is 38.9 Å². The van der Waals surface area contributed by atoms with Crippen LogP contribution in [0.5, 0.6) is 0 Å². The average Bonchev–Trinajstić information content (AvgIpc) is 3.51. The van der Waals surface area contributed by atoms with Crippen molar-refractivity contribution in [1.82, 2.24) is 9.97 Å². The van der Waals surface area contributed by atoms with E-state index in [0.29, 0.717) is 5.92 Å². The Morgan fingerprint density at radius 1 is 0.660 bits per heavy atom. The van der Waals surface area contributed by atoms with Gasteiger partial charge in [0.2, 0.25) is 0 Å². The van der Waals surface area contributed by atoms with Gasteiger partial charge in [0.05, 0.1) is 5.58 Å². The Labute approximate surface area is 289 Å². The number of nitrogens with zero attached hydrogens (tertiary/aromatic N) is 2. The summed E-state index contributed by atoms with van der Waals surface area (Å²) in [4.78, 5) is 9.15. The second-order valence-corrected chi connectivity index (χ2v) is 11.3. The Bertz CT molecular complexity index is 2230. The molecule has 47 heavy (non-hydrogen) atoms. The number of para-hydroxylation sites is 1. The van der Waals surface area contributed by atoms with E-state index in [-0.39, 0.29) is 20.1 Å². The van der Waals surface area contributed by atoms with Crippen molar-refractivity contribution >= 4 is 21.9 Å². The maximum Gasteiger partial charge on any atom is 0.120 e. The molecule has 0 saturated heterocycles. The first-order valence-corrected chi connectivity index (χ1v) is 15.5. The predicted octanol–water partition coefficient (Wildman–Crippen LogP) is 11.1. The molecule has 0 aliphatic carbocycles. The molecule has 1 atom stereocenters. The Morgan fingerprint density at radius 3 is 2.17 bits per heavy atom. The molecule has 0 bridgehead atoms. The number of hydrogen-bond acceptors (Lipinski definition) is 3. The molecule has 0 fully saturated rings. The Balaban J connectivity index is 0.000000167. The van der Waals surface area contributed by atoms with E-state index in [1.165, 1.54) is 22.3 Å². The summed E-state index contributed by atoms with van der Waals surface area (Å²) in [5, 5.41) is 2.22. The third-order valence-corrected chi connectivity index (χ3v) is 8.36. The zero-order valence-electron chi connectivity index (χ0n) is 26.1. The van der Waals surface area contributed by atoms with Gasteiger partial charge in [-0.05, 0) is 53.1 Å². The van der Waals surface area contributed by atoms with Crippen LogP contribution in [0.4, 0.5) is 0 Å². The fourth-order valence-electron chi connectivity index (χ4n) is 5.91. The number of furan rings is 1. The summed E-state index contributed by atoms with van der Waals surface area (Å²) < 4.78 is 5.89. The van der Waals surface area contributed by atoms with Crippen molar-refractivity contribution in [3.8, 4) is 33.6 Å². The largest absolute Gasteiger partial charge is 0.500 e. The van der Waals surface area contributed by atoms with Gasteiger partial charge in [0.15, 0.2) is 0 Å². The number of benzene rings is 5. The molecule has 5 aromatic carbocycles. The first-order valence-electron chi connectivity index (χ1n) is 15.5. The van der Waals surface area contributed by atoms with Crippen molar-refractivity contribution in [3.63, 3.8) is 0 Å². The van der Waals surface area contributed by atoms with Gasteiger partial charge in [-0.1, -0.05) is 109 Å². The molecule has 0 N–H and O–H groups in total. The van der Waals surface area contributed by atoms with Gasteiger partial charge in [0.1, 0.15) is 5.58 Å². The van der Waals surface area contributed by atoms with Gasteiger partial charge in [-0.2, -0.15) is 0 Å². The number of rotatable bonds is 5. The Kier molecular flexibility index (Phi) is 9.83. The van der Waals surface area contributed by atoms with E-state index in [1.54, 1.807) is 0 Å². The second kappa shape index (κ2) is 14.5. The maximum absolute atomic E-state index is 5.89. The van der Waals surface area contributed by atoms with E-state index in [2.05, 4.69) is 104 Å². The molecule has 0 spiro atoms. The molecule has 4 heteroatoms. The zero-order chi connectivity index (χ0) is 31.3. The van der Waals surface area contributed by atoms with E-state index in [9.17, 15) is 0 Å². The van der Waals surface area contributed by atoms with Crippen molar-refractivity contribution in [3.05, 3.63) is 181 Å². The minimum Gasteiger partial charge on any atom is -0.500 e. The van der Waals surface area contributed by atoms with E-state index in [0.717, 1.165) is 50.0 Å². The molecule has 231 valence electrons. The second-order valence-electron chi connectivity index (χ2n) is 11.3. The van der Waals surface area contributed by atoms with Gasteiger partial charge in [0, 0.05) is 43.4 Å². The summed E-state index contributed by atoms with van der Waals surface area (Å²) in [5.74, 6) is 0.325. The van der Waals surface area contributed by atoms with Crippen LogP contribution in [0.1, 0.15) is 29.5 Å². The van der Waals surface area contributed by atoms with Crippen LogP contribution in [-0.2, 0) is 20.1 Å². The van der Waals surface area contributed by atoms with Crippen LogP contribution in [-0.4, -0.2) is 9.97 Å². The molecule has 0 saturated carbocycles. The molecule has 0 aliphatic rings. The molecular formula is C43H32IrN2O-2. The number of pyridine rings is 2. The number of fused-ring (bicyclic) bond motifs is 3. The van der Waals surface area contributed by atoms with Crippen LogP contribution in [0.25, 0.3) is 55.6 Å². The smallest absolute Gasteiger partial charge is 0.120 e. The monoisotopic (exact) mass is 785 g/mol. The Hall–Kier alpha value is -5.15. The summed E-state index contributed by atoms with van der Waals surface area (Å²) in [6.07, 6.45) is 3.78. The molecule has 3 aromatic heterocycles. The maximum atomic E-state index is 5.89. The molecular weight excluding hydrogens is 753 g/mol. The minimum absolute atomic E-state index is 0. The van der Waals surface area contributed by atoms with Crippen molar-refractivity contribution in [2.75, 3.05) is 0 Å². The summed E-state index contributed by atoms with van der Waals surface area (Å²) >= 11 is 0. The van der Waals surface area contributed by atoms with Crippen LogP contribution in [0.15, 0.2) is 156 Å². The van der Waals surface area contributed by atoms with Gasteiger partial charge in [0.25, 0.3) is 0 Å². The zero-order valence-corrected chi connectivity index (χ0v) is 28.5. The molecule has 0 amide bonds. The molecule has 8 rings (SSSR count). The van der Waals surface area contributed by atoms with Gasteiger partial charge < -0.3 is 14.4 Å². The van der Waals surface area contributed by atoms with Crippen LogP contribution < -0.4 is 0 Å². The van der Waals surface area contributed by atoms with Gasteiger partial charge in [-0.15, -0.1) is 59.2 Å². The van der Waals surface area contributed by atoms with E-state index >= 15 is 0 Å². The van der Waals surface area contributed by atoms with Gasteiger partial charge in [-0.25, -0.2) is 0 Å². The molecule has 3 nitrogen and oxygen atoms in total. The first kappa shape index (κ1) is 31.8. The van der Waals surface area contributed by atoms with E-state index in [4.69, 9.17) is 9.40 Å². The summed E-state index contributed by atoms with van der Waals surface area (Å²) in [6, 6.07) is 54.0. The van der Waals surface area contributed by atoms with Crippen LogP contribution >= 0.6 is 0 Å². The van der Waals surface area contributed by atoms with Crippen LogP contribution in [0, 0.1) is 19.1 Å². The summed E-state index contributed by atoms with van der Waals surface area (Å²) in [6.45, 7) is 4.35. The van der Waals surface area contributed by atoms with Crippen molar-refractivity contribution < 1.29 is 24.5 Å². The summed E-state index contributed by atoms with van der Waals surface area (Å²) in [5.41, 5.74) is 11.8. The van der Waals surface area contributed by atoms with Crippen molar-refractivity contribution in [2.45, 2.75) is 19.8 Å². The molecule has 3 heterocycles.